The number of hydrogen-bond acceptors (Lipinski definition) is 2. The molecular weight excluding hydrogens is 260 g/mol. The van der Waals surface area contributed by atoms with Crippen LogP contribution in [-0.2, 0) is 16.0 Å². The summed E-state index contributed by atoms with van der Waals surface area (Å²) < 4.78 is 5.41. The molecule has 0 saturated carbocycles. The van der Waals surface area contributed by atoms with Gasteiger partial charge in [-0.2, -0.15) is 0 Å². The summed E-state index contributed by atoms with van der Waals surface area (Å²) in [4.78, 5) is 12.1. The zero-order valence-corrected chi connectivity index (χ0v) is 12.8. The number of Topliss-reactive ketones (excluding diaryl/α,β-unsaturated/α-hetero) is 1. The van der Waals surface area contributed by atoms with Crippen LogP contribution in [0.25, 0.3) is 0 Å². The minimum atomic E-state index is -0.0996. The van der Waals surface area contributed by atoms with Gasteiger partial charge in [-0.15, -0.1) is 0 Å². The number of hydrogen-bond donors (Lipinski definition) is 0. The summed E-state index contributed by atoms with van der Waals surface area (Å²) in [5.74, 6) is 0.229. The molecule has 0 spiro atoms. The van der Waals surface area contributed by atoms with Crippen molar-refractivity contribution in [2.45, 2.75) is 31.8 Å². The van der Waals surface area contributed by atoms with E-state index in [1.54, 1.807) is 19.3 Å². The van der Waals surface area contributed by atoms with Crippen molar-refractivity contribution in [2.24, 2.45) is 0 Å². The molecular formula is C19H24O2. The van der Waals surface area contributed by atoms with E-state index in [4.69, 9.17) is 4.74 Å². The van der Waals surface area contributed by atoms with Crippen LogP contribution >= 0.6 is 0 Å². The predicted molar refractivity (Wildman–Crippen MR) is 88.3 cm³/mol. The van der Waals surface area contributed by atoms with Gasteiger partial charge in [0, 0.05) is 20.0 Å². The van der Waals surface area contributed by atoms with Gasteiger partial charge in [0.15, 0.2) is 0 Å². The Kier molecular flexibility index (Phi) is 8.07. The molecule has 1 unspecified atom stereocenters. The first-order valence-electron chi connectivity index (χ1n) is 7.22. The second-order valence-electron chi connectivity index (χ2n) is 4.97. The van der Waals surface area contributed by atoms with Crippen molar-refractivity contribution in [3.63, 3.8) is 0 Å². The third-order valence-corrected chi connectivity index (χ3v) is 3.38. The Labute approximate surface area is 127 Å². The quantitative estimate of drug-likeness (QED) is 0.599. The van der Waals surface area contributed by atoms with Gasteiger partial charge >= 0.3 is 0 Å². The van der Waals surface area contributed by atoms with E-state index in [1.807, 2.05) is 36.4 Å². The SMILES string of the molecule is C=C/C=C(\C=C)CC(CC(=O)CCc1ccccc1)OC. The van der Waals surface area contributed by atoms with E-state index in [1.165, 1.54) is 5.56 Å². The smallest absolute Gasteiger partial charge is 0.135 e. The van der Waals surface area contributed by atoms with E-state index in [9.17, 15) is 4.79 Å². The van der Waals surface area contributed by atoms with Crippen molar-refractivity contribution in [1.82, 2.24) is 0 Å². The number of ether oxygens (including phenoxy) is 1. The highest BCUT2D eigenvalue weighted by atomic mass is 16.5. The molecule has 2 nitrogen and oxygen atoms in total. The van der Waals surface area contributed by atoms with Crippen LogP contribution in [0.2, 0.25) is 0 Å². The maximum Gasteiger partial charge on any atom is 0.135 e. The van der Waals surface area contributed by atoms with Gasteiger partial charge in [-0.05, 0) is 24.0 Å². The third-order valence-electron chi connectivity index (χ3n) is 3.38. The minimum absolute atomic E-state index is 0.0996. The predicted octanol–water partition coefficient (Wildman–Crippen LogP) is 4.28. The van der Waals surface area contributed by atoms with Gasteiger partial charge in [-0.1, -0.05) is 61.7 Å². The zero-order valence-electron chi connectivity index (χ0n) is 12.8. The lowest BCUT2D eigenvalue weighted by Crippen LogP contribution is -2.17. The summed E-state index contributed by atoms with van der Waals surface area (Å²) in [6.07, 6.45) is 7.76. The van der Waals surface area contributed by atoms with E-state index >= 15 is 0 Å². The van der Waals surface area contributed by atoms with Gasteiger partial charge in [-0.25, -0.2) is 0 Å². The molecule has 21 heavy (non-hydrogen) atoms. The Hall–Kier alpha value is -1.93. The molecule has 0 aromatic heterocycles. The summed E-state index contributed by atoms with van der Waals surface area (Å²) in [6.45, 7) is 7.44. The van der Waals surface area contributed by atoms with Crippen LogP contribution in [0.15, 0.2) is 67.3 Å². The third kappa shape index (κ3) is 6.87. The Morgan fingerprint density at radius 1 is 1.24 bits per heavy atom. The number of methoxy groups -OCH3 is 1. The topological polar surface area (TPSA) is 26.3 Å². The highest BCUT2D eigenvalue weighted by Crippen LogP contribution is 2.14. The molecule has 1 aromatic carbocycles. The first-order valence-corrected chi connectivity index (χ1v) is 7.22. The average molecular weight is 284 g/mol. The van der Waals surface area contributed by atoms with Crippen LogP contribution in [0.5, 0.6) is 0 Å². The molecule has 0 bridgehead atoms. The van der Waals surface area contributed by atoms with Crippen LogP contribution < -0.4 is 0 Å². The standard InChI is InChI=1S/C19H24O2/c1-4-9-16(5-2)14-19(21-3)15-18(20)13-12-17-10-7-6-8-11-17/h4-11,19H,1-2,12-15H2,3H3/b16-9+. The number of benzene rings is 1. The summed E-state index contributed by atoms with van der Waals surface area (Å²) in [5, 5.41) is 0. The Morgan fingerprint density at radius 3 is 2.52 bits per heavy atom. The lowest BCUT2D eigenvalue weighted by atomic mass is 10.00. The van der Waals surface area contributed by atoms with E-state index in [0.29, 0.717) is 19.3 Å². The largest absolute Gasteiger partial charge is 0.381 e. The Balaban J connectivity index is 2.45. The average Bonchev–Trinajstić information content (AvgIpc) is 2.52. The summed E-state index contributed by atoms with van der Waals surface area (Å²) in [5.41, 5.74) is 2.23. The molecule has 1 atom stereocenters. The number of carbonyl (C=O) groups is 1. The van der Waals surface area contributed by atoms with E-state index in [0.717, 1.165) is 12.0 Å². The molecule has 0 heterocycles. The lowest BCUT2D eigenvalue weighted by molar-refractivity contribution is -0.121. The number of rotatable bonds is 10. The van der Waals surface area contributed by atoms with E-state index < -0.39 is 0 Å². The number of ketones is 1. The fourth-order valence-electron chi connectivity index (χ4n) is 2.16. The molecule has 0 saturated heterocycles. The van der Waals surface area contributed by atoms with Gasteiger partial charge in [-0.3, -0.25) is 4.79 Å². The second kappa shape index (κ2) is 9.89. The maximum absolute atomic E-state index is 12.1. The Morgan fingerprint density at radius 2 is 1.95 bits per heavy atom. The van der Waals surface area contributed by atoms with Crippen molar-refractivity contribution in [3.05, 3.63) is 72.9 Å². The van der Waals surface area contributed by atoms with Crippen LogP contribution in [0.1, 0.15) is 24.8 Å². The summed E-state index contributed by atoms with van der Waals surface area (Å²) >= 11 is 0. The fraction of sp³-hybridized carbons (Fsp3) is 0.316. The van der Waals surface area contributed by atoms with Crippen LogP contribution in [0.3, 0.4) is 0 Å². The first-order chi connectivity index (χ1) is 10.2. The summed E-state index contributed by atoms with van der Waals surface area (Å²) in [7, 11) is 1.64. The zero-order chi connectivity index (χ0) is 15.5. The molecule has 1 aromatic rings. The summed E-state index contributed by atoms with van der Waals surface area (Å²) in [6, 6.07) is 10.1. The van der Waals surface area contributed by atoms with Crippen LogP contribution in [0, 0.1) is 0 Å². The number of aryl methyl sites for hydroxylation is 1. The Bertz CT molecular complexity index is 486. The molecule has 0 aliphatic heterocycles. The highest BCUT2D eigenvalue weighted by molar-refractivity contribution is 5.79. The van der Waals surface area contributed by atoms with Gasteiger partial charge in [0.25, 0.3) is 0 Å². The van der Waals surface area contributed by atoms with Crippen molar-refractivity contribution in [1.29, 1.82) is 0 Å². The molecule has 0 aliphatic carbocycles. The van der Waals surface area contributed by atoms with Gasteiger partial charge in [0.05, 0.1) is 6.10 Å². The van der Waals surface area contributed by atoms with Crippen molar-refractivity contribution >= 4 is 5.78 Å². The first kappa shape index (κ1) is 17.1. The molecule has 0 radical (unpaired) electrons. The fourth-order valence-corrected chi connectivity index (χ4v) is 2.16. The molecule has 0 amide bonds. The molecule has 0 fully saturated rings. The number of allylic oxidation sites excluding steroid dienone is 3. The normalized spacial score (nSPS) is 12.7. The van der Waals surface area contributed by atoms with Gasteiger partial charge in [0.2, 0.25) is 0 Å². The van der Waals surface area contributed by atoms with Crippen molar-refractivity contribution in [2.75, 3.05) is 7.11 Å². The van der Waals surface area contributed by atoms with Crippen LogP contribution in [-0.4, -0.2) is 19.0 Å². The van der Waals surface area contributed by atoms with Gasteiger partial charge < -0.3 is 4.74 Å². The molecule has 2 heteroatoms. The second-order valence-corrected chi connectivity index (χ2v) is 4.97. The lowest BCUT2D eigenvalue weighted by Gasteiger charge is -2.15. The number of carbonyl (C=O) groups excluding carboxylic acids is 1. The van der Waals surface area contributed by atoms with Crippen molar-refractivity contribution in [3.8, 4) is 0 Å². The maximum atomic E-state index is 12.1. The van der Waals surface area contributed by atoms with E-state index in [2.05, 4.69) is 13.2 Å². The monoisotopic (exact) mass is 284 g/mol. The molecule has 0 aliphatic rings. The minimum Gasteiger partial charge on any atom is -0.381 e. The molecule has 0 N–H and O–H groups in total. The van der Waals surface area contributed by atoms with Crippen LogP contribution in [0.4, 0.5) is 0 Å². The van der Waals surface area contributed by atoms with Crippen molar-refractivity contribution < 1.29 is 9.53 Å². The van der Waals surface area contributed by atoms with Gasteiger partial charge in [0.1, 0.15) is 5.78 Å². The highest BCUT2D eigenvalue weighted by Gasteiger charge is 2.14. The molecule has 112 valence electrons. The van der Waals surface area contributed by atoms with E-state index in [-0.39, 0.29) is 11.9 Å². The molecule has 1 rings (SSSR count).